The molecule has 0 aromatic carbocycles. The van der Waals surface area contributed by atoms with Gasteiger partial charge in [0.1, 0.15) is 0 Å². The highest BCUT2D eigenvalue weighted by atomic mass is 35.5. The third kappa shape index (κ3) is 1.97. The Hall–Kier alpha value is -0.610. The Kier molecular flexibility index (Phi) is 2.87. The Labute approximate surface area is 107 Å². The molecule has 3 aliphatic heterocycles. The van der Waals surface area contributed by atoms with Gasteiger partial charge in [-0.15, -0.1) is 12.4 Å². The molecule has 94 valence electrons. The predicted octanol–water partition coefficient (Wildman–Crippen LogP) is 2.18. The summed E-state index contributed by atoms with van der Waals surface area (Å²) >= 11 is 0. The van der Waals surface area contributed by atoms with Crippen LogP contribution in [0.4, 0.5) is 0 Å². The Morgan fingerprint density at radius 2 is 1.88 bits per heavy atom. The number of halogens is 1. The predicted molar refractivity (Wildman–Crippen MR) is 65.4 cm³/mol. The van der Waals surface area contributed by atoms with Crippen LogP contribution in [-0.4, -0.2) is 34.7 Å². The monoisotopic (exact) mass is 255 g/mol. The van der Waals surface area contributed by atoms with E-state index in [1.54, 1.807) is 0 Å². The number of fused-ring (bicyclic) bond motifs is 3. The van der Waals surface area contributed by atoms with E-state index in [-0.39, 0.29) is 12.4 Å². The number of rotatable bonds is 2. The van der Waals surface area contributed by atoms with Crippen molar-refractivity contribution in [3.8, 4) is 0 Å². The van der Waals surface area contributed by atoms with Crippen LogP contribution in [0.25, 0.3) is 0 Å². The first-order chi connectivity index (χ1) is 7.90. The van der Waals surface area contributed by atoms with E-state index in [1.807, 2.05) is 0 Å². The second-order valence-electron chi connectivity index (χ2n) is 5.51. The topological polar surface area (TPSA) is 42.2 Å². The van der Waals surface area contributed by atoms with Crippen molar-refractivity contribution in [3.05, 3.63) is 11.7 Å². The lowest BCUT2D eigenvalue weighted by Crippen LogP contribution is -2.46. The van der Waals surface area contributed by atoms with Crippen LogP contribution in [0.2, 0.25) is 0 Å². The minimum Gasteiger partial charge on any atom is -0.339 e. The molecular weight excluding hydrogens is 238 g/mol. The van der Waals surface area contributed by atoms with E-state index in [4.69, 9.17) is 4.52 Å². The average Bonchev–Trinajstić information content (AvgIpc) is 3.09. The van der Waals surface area contributed by atoms with Gasteiger partial charge in [-0.25, -0.2) is 0 Å². The standard InChI is InChI=1S/C12H17N3O.ClH/c1-2-9(1)11-13-12(16-14-11)10-7-15-5-3-8(10)4-6-15;/h8-10H,1-7H2;1H. The van der Waals surface area contributed by atoms with E-state index in [1.165, 1.54) is 38.8 Å². The van der Waals surface area contributed by atoms with Gasteiger partial charge in [-0.05, 0) is 44.7 Å². The first-order valence-electron chi connectivity index (χ1n) is 6.46. The molecule has 0 radical (unpaired) electrons. The normalized spacial score (nSPS) is 35.6. The van der Waals surface area contributed by atoms with E-state index in [0.717, 1.165) is 24.2 Å². The minimum atomic E-state index is 0. The summed E-state index contributed by atoms with van der Waals surface area (Å²) in [5.74, 6) is 3.79. The molecule has 5 rings (SSSR count). The minimum absolute atomic E-state index is 0. The molecule has 1 atom stereocenters. The van der Waals surface area contributed by atoms with Gasteiger partial charge in [0.05, 0.1) is 5.92 Å². The summed E-state index contributed by atoms with van der Waals surface area (Å²) in [6.07, 6.45) is 5.12. The highest BCUT2D eigenvalue weighted by Gasteiger charge is 2.39. The molecule has 1 aromatic rings. The van der Waals surface area contributed by atoms with Crippen LogP contribution in [0.15, 0.2) is 4.52 Å². The molecule has 1 aliphatic carbocycles. The van der Waals surface area contributed by atoms with Crippen molar-refractivity contribution in [3.63, 3.8) is 0 Å². The van der Waals surface area contributed by atoms with Gasteiger partial charge < -0.3 is 9.42 Å². The first kappa shape index (κ1) is 11.5. The Morgan fingerprint density at radius 1 is 1.12 bits per heavy atom. The Balaban J connectivity index is 0.000000902. The lowest BCUT2D eigenvalue weighted by Gasteiger charge is -2.43. The average molecular weight is 256 g/mol. The molecule has 0 N–H and O–H groups in total. The fraction of sp³-hybridized carbons (Fsp3) is 0.833. The van der Waals surface area contributed by atoms with Gasteiger partial charge in [-0.2, -0.15) is 4.98 Å². The van der Waals surface area contributed by atoms with Crippen LogP contribution in [0.1, 0.15) is 49.2 Å². The lowest BCUT2D eigenvalue weighted by atomic mass is 9.79. The zero-order valence-electron chi connectivity index (χ0n) is 9.84. The summed E-state index contributed by atoms with van der Waals surface area (Å²) < 4.78 is 5.47. The summed E-state index contributed by atoms with van der Waals surface area (Å²) in [4.78, 5) is 7.14. The molecule has 4 aliphatic rings. The second-order valence-corrected chi connectivity index (χ2v) is 5.51. The fourth-order valence-electron chi connectivity index (χ4n) is 3.15. The SMILES string of the molecule is C1CC1c1noc(C2CN3CCC2CC3)n1.Cl. The second kappa shape index (κ2) is 4.25. The number of nitrogens with zero attached hydrogens (tertiary/aromatic N) is 3. The van der Waals surface area contributed by atoms with Gasteiger partial charge in [-0.1, -0.05) is 5.16 Å². The summed E-state index contributed by atoms with van der Waals surface area (Å²) in [6.45, 7) is 3.67. The van der Waals surface area contributed by atoms with Crippen LogP contribution in [0.5, 0.6) is 0 Å². The molecule has 17 heavy (non-hydrogen) atoms. The smallest absolute Gasteiger partial charge is 0.231 e. The molecule has 0 spiro atoms. The maximum Gasteiger partial charge on any atom is 0.231 e. The van der Waals surface area contributed by atoms with E-state index in [0.29, 0.717) is 11.8 Å². The zero-order chi connectivity index (χ0) is 10.5. The maximum absolute atomic E-state index is 5.47. The highest BCUT2D eigenvalue weighted by molar-refractivity contribution is 5.85. The lowest BCUT2D eigenvalue weighted by molar-refractivity contribution is 0.0727. The summed E-state index contributed by atoms with van der Waals surface area (Å²) in [5.41, 5.74) is 0. The summed E-state index contributed by atoms with van der Waals surface area (Å²) in [5, 5.41) is 4.13. The molecule has 3 saturated heterocycles. The van der Waals surface area contributed by atoms with Crippen molar-refractivity contribution in [2.75, 3.05) is 19.6 Å². The van der Waals surface area contributed by atoms with Gasteiger partial charge in [0.15, 0.2) is 5.82 Å². The molecule has 1 aromatic heterocycles. The van der Waals surface area contributed by atoms with E-state index >= 15 is 0 Å². The Bertz CT molecular complexity index is 396. The molecule has 1 unspecified atom stereocenters. The van der Waals surface area contributed by atoms with Crippen molar-refractivity contribution in [1.82, 2.24) is 15.0 Å². The third-order valence-corrected chi connectivity index (χ3v) is 4.37. The van der Waals surface area contributed by atoms with Crippen LogP contribution < -0.4 is 0 Å². The molecule has 4 nitrogen and oxygen atoms in total. The van der Waals surface area contributed by atoms with Crippen LogP contribution in [-0.2, 0) is 0 Å². The van der Waals surface area contributed by atoms with Crippen molar-refractivity contribution in [1.29, 1.82) is 0 Å². The van der Waals surface area contributed by atoms with E-state index in [9.17, 15) is 0 Å². The highest BCUT2D eigenvalue weighted by Crippen LogP contribution is 2.41. The fourth-order valence-corrected chi connectivity index (χ4v) is 3.15. The number of hydrogen-bond acceptors (Lipinski definition) is 4. The van der Waals surface area contributed by atoms with Crippen LogP contribution >= 0.6 is 12.4 Å². The summed E-state index contributed by atoms with van der Waals surface area (Å²) in [7, 11) is 0. The van der Waals surface area contributed by atoms with Crippen molar-refractivity contribution in [2.45, 2.75) is 37.5 Å². The molecule has 5 heteroatoms. The van der Waals surface area contributed by atoms with Gasteiger partial charge >= 0.3 is 0 Å². The van der Waals surface area contributed by atoms with Gasteiger partial charge in [0.2, 0.25) is 5.89 Å². The quantitative estimate of drug-likeness (QED) is 0.812. The Morgan fingerprint density at radius 3 is 2.47 bits per heavy atom. The number of hydrogen-bond donors (Lipinski definition) is 0. The summed E-state index contributed by atoms with van der Waals surface area (Å²) in [6, 6.07) is 0. The molecule has 4 heterocycles. The van der Waals surface area contributed by atoms with Gasteiger partial charge in [0.25, 0.3) is 0 Å². The number of piperidine rings is 3. The van der Waals surface area contributed by atoms with E-state index < -0.39 is 0 Å². The molecular formula is C12H18ClN3O. The molecule has 4 fully saturated rings. The molecule has 1 saturated carbocycles. The molecule has 0 amide bonds. The van der Waals surface area contributed by atoms with Crippen molar-refractivity contribution >= 4 is 12.4 Å². The first-order valence-corrected chi connectivity index (χ1v) is 6.46. The van der Waals surface area contributed by atoms with Crippen LogP contribution in [0, 0.1) is 5.92 Å². The largest absolute Gasteiger partial charge is 0.339 e. The van der Waals surface area contributed by atoms with Crippen molar-refractivity contribution < 1.29 is 4.52 Å². The van der Waals surface area contributed by atoms with Crippen LogP contribution in [0.3, 0.4) is 0 Å². The third-order valence-electron chi connectivity index (χ3n) is 4.37. The van der Waals surface area contributed by atoms with Gasteiger partial charge in [-0.3, -0.25) is 0 Å². The van der Waals surface area contributed by atoms with Crippen molar-refractivity contribution in [2.24, 2.45) is 5.92 Å². The zero-order valence-corrected chi connectivity index (χ0v) is 10.7. The maximum atomic E-state index is 5.47. The van der Waals surface area contributed by atoms with Gasteiger partial charge in [0, 0.05) is 12.5 Å². The molecule has 2 bridgehead atoms. The van der Waals surface area contributed by atoms with E-state index in [2.05, 4.69) is 15.0 Å². The number of aromatic nitrogens is 2.